The van der Waals surface area contributed by atoms with Crippen molar-refractivity contribution in [1.29, 1.82) is 0 Å². The molecule has 0 N–H and O–H groups in total. The second kappa shape index (κ2) is 12.0. The number of hydrogen-bond acceptors (Lipinski definition) is 6. The number of unbranched alkanes of at least 4 members (excludes halogenated alkanes) is 3. The Morgan fingerprint density at radius 1 is 0.719 bits per heavy atom. The first-order valence-corrected chi connectivity index (χ1v) is 11.1. The van der Waals surface area contributed by atoms with Gasteiger partial charge < -0.3 is 14.2 Å². The lowest BCUT2D eigenvalue weighted by Gasteiger charge is -2.20. The van der Waals surface area contributed by atoms with Crippen molar-refractivity contribution in [2.24, 2.45) is 5.41 Å². The Labute approximate surface area is 189 Å². The van der Waals surface area contributed by atoms with Crippen molar-refractivity contribution in [3.8, 4) is 11.5 Å². The van der Waals surface area contributed by atoms with Gasteiger partial charge in [-0.3, -0.25) is 4.79 Å². The summed E-state index contributed by atoms with van der Waals surface area (Å²) in [6.07, 6.45) is 4.81. The number of ether oxygens (including phenoxy) is 3. The molecule has 2 aromatic rings. The minimum atomic E-state index is -0.578. The fourth-order valence-electron chi connectivity index (χ4n) is 2.65. The Morgan fingerprint density at radius 2 is 1.25 bits per heavy atom. The van der Waals surface area contributed by atoms with E-state index in [1.807, 2.05) is 20.8 Å². The van der Waals surface area contributed by atoms with Gasteiger partial charge in [0.1, 0.15) is 11.5 Å². The first-order valence-electron chi connectivity index (χ1n) is 11.1. The third-order valence-corrected chi connectivity index (χ3v) is 5.27. The van der Waals surface area contributed by atoms with Gasteiger partial charge in [-0.25, -0.2) is 9.59 Å². The van der Waals surface area contributed by atoms with E-state index in [4.69, 9.17) is 14.2 Å². The molecule has 0 aliphatic carbocycles. The molecule has 0 amide bonds. The highest BCUT2D eigenvalue weighted by Crippen LogP contribution is 2.24. The number of benzene rings is 2. The van der Waals surface area contributed by atoms with Crippen molar-refractivity contribution < 1.29 is 28.6 Å². The summed E-state index contributed by atoms with van der Waals surface area (Å²) in [5.41, 5.74) is 0.141. The molecule has 0 fully saturated rings. The van der Waals surface area contributed by atoms with Gasteiger partial charge in [0.15, 0.2) is 0 Å². The van der Waals surface area contributed by atoms with Crippen LogP contribution in [0.4, 0.5) is 0 Å². The summed E-state index contributed by atoms with van der Waals surface area (Å²) in [7, 11) is 0. The lowest BCUT2D eigenvalue weighted by atomic mass is 9.91. The monoisotopic (exact) mass is 440 g/mol. The molecule has 0 bridgehead atoms. The maximum absolute atomic E-state index is 12.4. The van der Waals surface area contributed by atoms with Crippen molar-refractivity contribution in [3.63, 3.8) is 0 Å². The fraction of sp³-hybridized carbons (Fsp3) is 0.423. The lowest BCUT2D eigenvalue weighted by Crippen LogP contribution is -2.28. The van der Waals surface area contributed by atoms with Crippen LogP contribution in [-0.4, -0.2) is 24.5 Å². The Hall–Kier alpha value is -3.15. The molecule has 0 saturated heterocycles. The van der Waals surface area contributed by atoms with E-state index >= 15 is 0 Å². The summed E-state index contributed by atoms with van der Waals surface area (Å²) in [4.78, 5) is 36.6. The van der Waals surface area contributed by atoms with Crippen molar-refractivity contribution in [1.82, 2.24) is 0 Å². The number of esters is 3. The van der Waals surface area contributed by atoms with Crippen molar-refractivity contribution in [2.75, 3.05) is 6.61 Å². The zero-order valence-electron chi connectivity index (χ0n) is 19.3. The smallest absolute Gasteiger partial charge is 0.343 e. The zero-order chi connectivity index (χ0) is 23.6. The van der Waals surface area contributed by atoms with Crippen LogP contribution in [0.5, 0.6) is 11.5 Å². The van der Waals surface area contributed by atoms with Gasteiger partial charge in [0, 0.05) is 0 Å². The average molecular weight is 441 g/mol. The van der Waals surface area contributed by atoms with Gasteiger partial charge in [0.2, 0.25) is 0 Å². The maximum Gasteiger partial charge on any atom is 0.343 e. The molecule has 6 heteroatoms. The molecule has 0 saturated carbocycles. The third kappa shape index (κ3) is 7.52. The molecule has 2 aromatic carbocycles. The second-order valence-electron chi connectivity index (χ2n) is 8.26. The third-order valence-electron chi connectivity index (χ3n) is 5.27. The normalized spacial score (nSPS) is 11.0. The summed E-state index contributed by atoms with van der Waals surface area (Å²) in [5.74, 6) is -0.589. The van der Waals surface area contributed by atoms with Crippen molar-refractivity contribution >= 4 is 17.9 Å². The van der Waals surface area contributed by atoms with Gasteiger partial charge in [-0.2, -0.15) is 0 Å². The highest BCUT2D eigenvalue weighted by molar-refractivity contribution is 5.92. The molecule has 0 aliphatic rings. The van der Waals surface area contributed by atoms with E-state index in [0.29, 0.717) is 35.7 Å². The van der Waals surface area contributed by atoms with E-state index in [2.05, 4.69) is 6.92 Å². The summed E-state index contributed by atoms with van der Waals surface area (Å²) in [6, 6.07) is 12.4. The summed E-state index contributed by atoms with van der Waals surface area (Å²) in [6.45, 7) is 8.09. The standard InChI is InChI=1S/C26H32O6/c1-5-7-8-9-18-30-23(27)19-10-14-21(15-11-19)31-24(28)20-12-16-22(17-13-20)32-25(29)26(3,4)6-2/h10-17H,5-9,18H2,1-4H3. The molecule has 172 valence electrons. The number of rotatable bonds is 11. The van der Waals surface area contributed by atoms with E-state index in [-0.39, 0.29) is 5.97 Å². The molecule has 0 spiro atoms. The first-order chi connectivity index (χ1) is 15.3. The van der Waals surface area contributed by atoms with Crippen LogP contribution in [0.25, 0.3) is 0 Å². The molecule has 0 heterocycles. The average Bonchev–Trinajstić information content (AvgIpc) is 2.79. The molecule has 0 aliphatic heterocycles. The molecule has 32 heavy (non-hydrogen) atoms. The Kier molecular flexibility index (Phi) is 9.44. The quantitative estimate of drug-likeness (QED) is 0.243. The van der Waals surface area contributed by atoms with E-state index < -0.39 is 17.4 Å². The molecule has 2 rings (SSSR count). The number of hydrogen-bond donors (Lipinski definition) is 0. The van der Waals surface area contributed by atoms with Crippen LogP contribution in [0.15, 0.2) is 48.5 Å². The summed E-state index contributed by atoms with van der Waals surface area (Å²) < 4.78 is 16.0. The zero-order valence-corrected chi connectivity index (χ0v) is 19.3. The predicted octanol–water partition coefficient (Wildman–Crippen LogP) is 5.98. The minimum absolute atomic E-state index is 0.315. The highest BCUT2D eigenvalue weighted by atomic mass is 16.5. The Morgan fingerprint density at radius 3 is 1.78 bits per heavy atom. The molecule has 0 atom stereocenters. The molecule has 0 aromatic heterocycles. The number of carbonyl (C=O) groups is 3. The van der Waals surface area contributed by atoms with Gasteiger partial charge in [0.25, 0.3) is 0 Å². The molecular weight excluding hydrogens is 408 g/mol. The van der Waals surface area contributed by atoms with Crippen molar-refractivity contribution in [3.05, 3.63) is 59.7 Å². The van der Waals surface area contributed by atoms with Crippen LogP contribution < -0.4 is 9.47 Å². The Balaban J connectivity index is 1.88. The van der Waals surface area contributed by atoms with E-state index in [1.54, 1.807) is 36.4 Å². The van der Waals surface area contributed by atoms with Crippen LogP contribution in [0.2, 0.25) is 0 Å². The van der Waals surface area contributed by atoms with Gasteiger partial charge in [0.05, 0.1) is 23.1 Å². The van der Waals surface area contributed by atoms with Crippen LogP contribution in [0.3, 0.4) is 0 Å². The van der Waals surface area contributed by atoms with Gasteiger partial charge in [-0.05, 0) is 75.2 Å². The van der Waals surface area contributed by atoms with Crippen LogP contribution in [0.1, 0.15) is 80.5 Å². The molecular formula is C26H32O6. The SMILES string of the molecule is CCCCCCOC(=O)c1ccc(OC(=O)c2ccc(OC(=O)C(C)(C)CC)cc2)cc1. The van der Waals surface area contributed by atoms with Crippen LogP contribution >= 0.6 is 0 Å². The van der Waals surface area contributed by atoms with Crippen molar-refractivity contribution in [2.45, 2.75) is 59.8 Å². The topological polar surface area (TPSA) is 78.9 Å². The second-order valence-corrected chi connectivity index (χ2v) is 8.26. The molecule has 0 radical (unpaired) electrons. The highest BCUT2D eigenvalue weighted by Gasteiger charge is 2.27. The van der Waals surface area contributed by atoms with Gasteiger partial charge in [-0.15, -0.1) is 0 Å². The Bertz CT molecular complexity index is 897. The first kappa shape index (κ1) is 25.1. The van der Waals surface area contributed by atoms with E-state index in [1.165, 1.54) is 12.1 Å². The summed E-state index contributed by atoms with van der Waals surface area (Å²) in [5, 5.41) is 0. The maximum atomic E-state index is 12.4. The molecule has 0 unspecified atom stereocenters. The minimum Gasteiger partial charge on any atom is -0.462 e. The van der Waals surface area contributed by atoms with Gasteiger partial charge >= 0.3 is 17.9 Å². The predicted molar refractivity (Wildman–Crippen MR) is 122 cm³/mol. The number of carbonyl (C=O) groups excluding carboxylic acids is 3. The lowest BCUT2D eigenvalue weighted by molar-refractivity contribution is -0.144. The van der Waals surface area contributed by atoms with Crippen LogP contribution in [-0.2, 0) is 9.53 Å². The largest absolute Gasteiger partial charge is 0.462 e. The van der Waals surface area contributed by atoms with E-state index in [9.17, 15) is 14.4 Å². The fourth-order valence-corrected chi connectivity index (χ4v) is 2.65. The van der Waals surface area contributed by atoms with Crippen LogP contribution in [0, 0.1) is 5.41 Å². The molecule has 6 nitrogen and oxygen atoms in total. The van der Waals surface area contributed by atoms with Gasteiger partial charge in [-0.1, -0.05) is 33.1 Å². The van der Waals surface area contributed by atoms with E-state index in [0.717, 1.165) is 25.7 Å². The summed E-state index contributed by atoms with van der Waals surface area (Å²) >= 11 is 0.